The summed E-state index contributed by atoms with van der Waals surface area (Å²) in [6.45, 7) is 0. The highest BCUT2D eigenvalue weighted by Crippen LogP contribution is 2.54. The lowest BCUT2D eigenvalue weighted by Gasteiger charge is -2.18. The molecule has 104 valence electrons. The fourth-order valence-electron chi connectivity index (χ4n) is 2.40. The maximum Gasteiger partial charge on any atom is 0.407 e. The zero-order chi connectivity index (χ0) is 14.8. The molecule has 0 aromatic heterocycles. The number of benzene rings is 1. The maximum absolute atomic E-state index is 11.5. The molecule has 1 fully saturated rings. The Labute approximate surface area is 115 Å². The van der Waals surface area contributed by atoms with E-state index in [4.69, 9.17) is 5.26 Å². The average Bonchev–Trinajstić information content (AvgIpc) is 3.13. The summed E-state index contributed by atoms with van der Waals surface area (Å²) in [6.07, 6.45) is 0.223. The van der Waals surface area contributed by atoms with Gasteiger partial charge in [-0.2, -0.15) is 5.26 Å². The van der Waals surface area contributed by atoms with E-state index in [9.17, 15) is 14.9 Å². The maximum atomic E-state index is 11.5. The molecule has 1 N–H and O–H groups in total. The van der Waals surface area contributed by atoms with E-state index in [1.54, 1.807) is 12.1 Å². The Hall–Kier alpha value is -2.62. The minimum absolute atomic E-state index is 0.0452. The Morgan fingerprint density at radius 3 is 3.05 bits per heavy atom. The monoisotopic (exact) mass is 275 g/mol. The largest absolute Gasteiger partial charge is 0.453 e. The van der Waals surface area contributed by atoms with Gasteiger partial charge in [0.1, 0.15) is 0 Å². The van der Waals surface area contributed by atoms with Crippen molar-refractivity contribution in [3.05, 3.63) is 39.9 Å². The quantitative estimate of drug-likeness (QED) is 0.669. The van der Waals surface area contributed by atoms with E-state index >= 15 is 0 Å². The number of rotatable bonds is 4. The summed E-state index contributed by atoms with van der Waals surface area (Å²) in [5.41, 5.74) is -0.164. The molecule has 1 saturated carbocycles. The molecule has 7 heteroatoms. The molecule has 1 aromatic carbocycles. The van der Waals surface area contributed by atoms with Crippen molar-refractivity contribution in [1.82, 2.24) is 5.32 Å². The number of methoxy groups -OCH3 is 1. The number of carbonyl (C=O) groups excluding carboxylic acids is 1. The molecule has 0 bridgehead atoms. The van der Waals surface area contributed by atoms with Gasteiger partial charge in [-0.1, -0.05) is 12.1 Å². The molecule has 1 aliphatic carbocycles. The standard InChI is InChI=1S/C13H13N3O4/c1-20-12(17)15-13(8-10(13)5-6-14)9-3-2-4-11(7-9)16(18)19/h2-4,7,10H,5,8H2,1H3,(H,15,17). The van der Waals surface area contributed by atoms with Gasteiger partial charge in [-0.15, -0.1) is 0 Å². The first-order valence-corrected chi connectivity index (χ1v) is 6.01. The van der Waals surface area contributed by atoms with Crippen molar-refractivity contribution in [2.24, 2.45) is 5.92 Å². The van der Waals surface area contributed by atoms with E-state index in [1.807, 2.05) is 0 Å². The van der Waals surface area contributed by atoms with Crippen LogP contribution in [0.1, 0.15) is 18.4 Å². The van der Waals surface area contributed by atoms with E-state index in [2.05, 4.69) is 16.1 Å². The lowest BCUT2D eigenvalue weighted by atomic mass is 10.0. The number of nitro groups is 1. The Bertz CT molecular complexity index is 596. The van der Waals surface area contributed by atoms with Crippen LogP contribution in [0.3, 0.4) is 0 Å². The summed E-state index contributed by atoms with van der Waals surface area (Å²) in [4.78, 5) is 21.8. The van der Waals surface area contributed by atoms with E-state index in [0.717, 1.165) is 0 Å². The van der Waals surface area contributed by atoms with Crippen molar-refractivity contribution < 1.29 is 14.5 Å². The average molecular weight is 275 g/mol. The summed E-state index contributed by atoms with van der Waals surface area (Å²) in [5.74, 6) is -0.0615. The summed E-state index contributed by atoms with van der Waals surface area (Å²) in [7, 11) is 1.25. The molecule has 2 atom stereocenters. The second kappa shape index (κ2) is 5.17. The molecular weight excluding hydrogens is 262 g/mol. The topological polar surface area (TPSA) is 105 Å². The Kier molecular flexibility index (Phi) is 3.57. The summed E-state index contributed by atoms with van der Waals surface area (Å²) in [6, 6.07) is 8.14. The molecular formula is C13H13N3O4. The van der Waals surface area contributed by atoms with Gasteiger partial charge in [0.15, 0.2) is 0 Å². The number of nitriles is 1. The first-order chi connectivity index (χ1) is 9.53. The minimum atomic E-state index is -0.741. The fourth-order valence-corrected chi connectivity index (χ4v) is 2.40. The van der Waals surface area contributed by atoms with Gasteiger partial charge in [0.05, 0.1) is 23.6 Å². The smallest absolute Gasteiger partial charge is 0.407 e. The number of alkyl carbamates (subject to hydrolysis) is 1. The number of ether oxygens (including phenoxy) is 1. The van der Waals surface area contributed by atoms with Gasteiger partial charge in [0, 0.05) is 24.5 Å². The number of hydrogen-bond donors (Lipinski definition) is 1. The lowest BCUT2D eigenvalue weighted by Crippen LogP contribution is -2.36. The molecule has 0 saturated heterocycles. The van der Waals surface area contributed by atoms with Crippen molar-refractivity contribution in [2.75, 3.05) is 7.11 Å². The Balaban J connectivity index is 2.34. The van der Waals surface area contributed by atoms with Gasteiger partial charge in [-0.05, 0) is 12.0 Å². The van der Waals surface area contributed by atoms with Crippen LogP contribution in [0, 0.1) is 27.4 Å². The molecule has 0 spiro atoms. The van der Waals surface area contributed by atoms with Crippen molar-refractivity contribution in [2.45, 2.75) is 18.4 Å². The predicted octanol–water partition coefficient (Wildman–Crippen LogP) is 2.08. The second-order valence-electron chi connectivity index (χ2n) is 4.66. The first kappa shape index (κ1) is 13.8. The summed E-state index contributed by atoms with van der Waals surface area (Å²) in [5, 5.41) is 22.3. The molecule has 1 aliphatic rings. The fraction of sp³-hybridized carbons (Fsp3) is 0.385. The number of nitrogens with one attached hydrogen (secondary N) is 1. The molecule has 0 radical (unpaired) electrons. The number of hydrogen-bond acceptors (Lipinski definition) is 5. The van der Waals surface area contributed by atoms with E-state index in [-0.39, 0.29) is 18.0 Å². The second-order valence-corrected chi connectivity index (χ2v) is 4.66. The van der Waals surface area contributed by atoms with Gasteiger partial charge >= 0.3 is 6.09 Å². The van der Waals surface area contributed by atoms with Crippen LogP contribution < -0.4 is 5.32 Å². The van der Waals surface area contributed by atoms with E-state index in [1.165, 1.54) is 19.2 Å². The van der Waals surface area contributed by atoms with Crippen LogP contribution >= 0.6 is 0 Å². The zero-order valence-corrected chi connectivity index (χ0v) is 10.8. The normalized spacial score (nSPS) is 23.5. The van der Waals surface area contributed by atoms with Crippen LogP contribution in [0.2, 0.25) is 0 Å². The third kappa shape index (κ3) is 2.40. The summed E-state index contributed by atoms with van der Waals surface area (Å²) < 4.78 is 4.58. The number of nitro benzene ring substituents is 1. The lowest BCUT2D eigenvalue weighted by molar-refractivity contribution is -0.385. The van der Waals surface area contributed by atoms with Crippen LogP contribution in [0.5, 0.6) is 0 Å². The predicted molar refractivity (Wildman–Crippen MR) is 68.7 cm³/mol. The third-order valence-corrected chi connectivity index (χ3v) is 3.53. The number of nitrogens with zero attached hydrogens (tertiary/aromatic N) is 2. The van der Waals surface area contributed by atoms with Crippen LogP contribution in [-0.2, 0) is 10.3 Å². The Morgan fingerprint density at radius 1 is 1.70 bits per heavy atom. The van der Waals surface area contributed by atoms with Crippen LogP contribution in [0.15, 0.2) is 24.3 Å². The van der Waals surface area contributed by atoms with Crippen molar-refractivity contribution in [3.63, 3.8) is 0 Å². The molecule has 0 aliphatic heterocycles. The van der Waals surface area contributed by atoms with Gasteiger partial charge < -0.3 is 10.1 Å². The van der Waals surface area contributed by atoms with Gasteiger partial charge in [0.2, 0.25) is 0 Å². The highest BCUT2D eigenvalue weighted by Gasteiger charge is 2.56. The van der Waals surface area contributed by atoms with Crippen LogP contribution in [-0.4, -0.2) is 18.1 Å². The highest BCUT2D eigenvalue weighted by molar-refractivity contribution is 5.69. The molecule has 2 rings (SSSR count). The highest BCUT2D eigenvalue weighted by atomic mass is 16.6. The van der Waals surface area contributed by atoms with Crippen LogP contribution in [0.4, 0.5) is 10.5 Å². The molecule has 20 heavy (non-hydrogen) atoms. The van der Waals surface area contributed by atoms with E-state index < -0.39 is 16.6 Å². The Morgan fingerprint density at radius 2 is 2.45 bits per heavy atom. The first-order valence-electron chi connectivity index (χ1n) is 6.01. The number of amides is 1. The zero-order valence-electron chi connectivity index (χ0n) is 10.8. The van der Waals surface area contributed by atoms with Gasteiger partial charge in [-0.3, -0.25) is 10.1 Å². The molecule has 1 aromatic rings. The summed E-state index contributed by atoms with van der Waals surface area (Å²) >= 11 is 0. The number of non-ortho nitro benzene ring substituents is 1. The third-order valence-electron chi connectivity index (χ3n) is 3.53. The van der Waals surface area contributed by atoms with Crippen molar-refractivity contribution >= 4 is 11.8 Å². The molecule has 0 heterocycles. The van der Waals surface area contributed by atoms with Crippen molar-refractivity contribution in [1.29, 1.82) is 5.26 Å². The SMILES string of the molecule is COC(=O)NC1(c2cccc([N+](=O)[O-])c2)CC1CC#N. The molecule has 7 nitrogen and oxygen atoms in total. The van der Waals surface area contributed by atoms with E-state index in [0.29, 0.717) is 12.0 Å². The van der Waals surface area contributed by atoms with Gasteiger partial charge in [-0.25, -0.2) is 4.79 Å². The minimum Gasteiger partial charge on any atom is -0.453 e. The van der Waals surface area contributed by atoms with Gasteiger partial charge in [0.25, 0.3) is 5.69 Å². The van der Waals surface area contributed by atoms with Crippen molar-refractivity contribution in [3.8, 4) is 6.07 Å². The molecule has 1 amide bonds. The van der Waals surface area contributed by atoms with Crippen LogP contribution in [0.25, 0.3) is 0 Å². The number of carbonyl (C=O) groups is 1. The molecule has 2 unspecified atom stereocenters.